The minimum Gasteiger partial charge on any atom is -0.480 e. The number of ether oxygens (including phenoxy) is 1. The van der Waals surface area contributed by atoms with Crippen molar-refractivity contribution < 1.29 is 23.1 Å². The Morgan fingerprint density at radius 2 is 1.88 bits per heavy atom. The maximum absolute atomic E-state index is 11.4. The van der Waals surface area contributed by atoms with Gasteiger partial charge in [0.05, 0.1) is 6.10 Å². The Morgan fingerprint density at radius 3 is 2.35 bits per heavy atom. The van der Waals surface area contributed by atoms with E-state index in [1.54, 1.807) is 0 Å². The van der Waals surface area contributed by atoms with Crippen LogP contribution >= 0.6 is 0 Å². The van der Waals surface area contributed by atoms with Crippen molar-refractivity contribution in [2.24, 2.45) is 0 Å². The van der Waals surface area contributed by atoms with Crippen LogP contribution in [-0.2, 0) is 19.6 Å². The number of carbonyl (C=O) groups is 1. The average molecular weight is 267 g/mol. The van der Waals surface area contributed by atoms with E-state index in [1.807, 2.05) is 13.8 Å². The molecule has 0 fully saturated rings. The summed E-state index contributed by atoms with van der Waals surface area (Å²) in [6, 6.07) is 0. The van der Waals surface area contributed by atoms with E-state index in [2.05, 4.69) is 4.72 Å². The van der Waals surface area contributed by atoms with Crippen molar-refractivity contribution in [3.63, 3.8) is 0 Å². The SMILES string of the molecule is CC(C)OCCCCNS(=O)(=O)C(C)C(=O)O. The van der Waals surface area contributed by atoms with Crippen LogP contribution in [-0.4, -0.2) is 44.0 Å². The summed E-state index contributed by atoms with van der Waals surface area (Å²) in [6.45, 7) is 5.82. The first-order chi connectivity index (χ1) is 7.77. The van der Waals surface area contributed by atoms with Gasteiger partial charge in [0.15, 0.2) is 5.25 Å². The highest BCUT2D eigenvalue weighted by atomic mass is 32.2. The molecule has 0 heterocycles. The van der Waals surface area contributed by atoms with Crippen LogP contribution < -0.4 is 4.72 Å². The number of carboxylic acid groups (broad SMARTS) is 1. The van der Waals surface area contributed by atoms with Crippen molar-refractivity contribution in [1.29, 1.82) is 0 Å². The van der Waals surface area contributed by atoms with E-state index in [-0.39, 0.29) is 12.6 Å². The highest BCUT2D eigenvalue weighted by Gasteiger charge is 2.26. The molecule has 0 spiro atoms. The van der Waals surface area contributed by atoms with E-state index in [0.29, 0.717) is 13.0 Å². The Labute approximate surface area is 102 Å². The molecule has 102 valence electrons. The predicted molar refractivity (Wildman–Crippen MR) is 64.3 cm³/mol. The summed E-state index contributed by atoms with van der Waals surface area (Å²) >= 11 is 0. The van der Waals surface area contributed by atoms with Gasteiger partial charge in [-0.25, -0.2) is 13.1 Å². The molecule has 1 atom stereocenters. The van der Waals surface area contributed by atoms with Gasteiger partial charge in [0.25, 0.3) is 0 Å². The number of unbranched alkanes of at least 4 members (excludes halogenated alkanes) is 1. The van der Waals surface area contributed by atoms with Gasteiger partial charge in [0.2, 0.25) is 10.0 Å². The third kappa shape index (κ3) is 7.30. The first-order valence-electron chi connectivity index (χ1n) is 5.60. The van der Waals surface area contributed by atoms with Crippen molar-refractivity contribution in [3.8, 4) is 0 Å². The maximum atomic E-state index is 11.4. The van der Waals surface area contributed by atoms with Crippen LogP contribution in [0, 0.1) is 0 Å². The van der Waals surface area contributed by atoms with Crippen molar-refractivity contribution in [1.82, 2.24) is 4.72 Å². The molecular formula is C10H21NO5S. The number of nitrogens with one attached hydrogen (secondary N) is 1. The van der Waals surface area contributed by atoms with Crippen LogP contribution in [0.2, 0.25) is 0 Å². The van der Waals surface area contributed by atoms with E-state index in [0.717, 1.165) is 13.3 Å². The monoisotopic (exact) mass is 267 g/mol. The molecule has 6 nitrogen and oxygen atoms in total. The number of hydrogen-bond donors (Lipinski definition) is 2. The van der Waals surface area contributed by atoms with Gasteiger partial charge < -0.3 is 9.84 Å². The van der Waals surface area contributed by atoms with E-state index in [1.165, 1.54) is 0 Å². The number of hydrogen-bond acceptors (Lipinski definition) is 4. The molecule has 0 rings (SSSR count). The Kier molecular flexibility index (Phi) is 7.33. The van der Waals surface area contributed by atoms with Gasteiger partial charge in [0.1, 0.15) is 0 Å². The lowest BCUT2D eigenvalue weighted by Gasteiger charge is -2.10. The molecule has 1 unspecified atom stereocenters. The van der Waals surface area contributed by atoms with Crippen LogP contribution in [0.1, 0.15) is 33.6 Å². The molecule has 7 heteroatoms. The van der Waals surface area contributed by atoms with Crippen molar-refractivity contribution in [2.45, 2.75) is 45.0 Å². The molecule has 0 saturated heterocycles. The fourth-order valence-electron chi connectivity index (χ4n) is 1.02. The summed E-state index contributed by atoms with van der Waals surface area (Å²) in [5.74, 6) is -1.35. The van der Waals surface area contributed by atoms with Gasteiger partial charge in [0, 0.05) is 13.2 Å². The Morgan fingerprint density at radius 1 is 1.29 bits per heavy atom. The standard InChI is InChI=1S/C10H21NO5S/c1-8(2)16-7-5-4-6-11-17(14,15)9(3)10(12)13/h8-9,11H,4-7H2,1-3H3,(H,12,13). The van der Waals surface area contributed by atoms with E-state index < -0.39 is 21.2 Å². The van der Waals surface area contributed by atoms with Gasteiger partial charge >= 0.3 is 5.97 Å². The predicted octanol–water partition coefficient (Wildman–Crippen LogP) is 0.584. The molecule has 2 N–H and O–H groups in total. The highest BCUT2D eigenvalue weighted by Crippen LogP contribution is 1.99. The minimum absolute atomic E-state index is 0.165. The van der Waals surface area contributed by atoms with E-state index >= 15 is 0 Å². The molecule has 0 radical (unpaired) electrons. The van der Waals surface area contributed by atoms with Gasteiger partial charge in [-0.2, -0.15) is 0 Å². The molecule has 0 aromatic carbocycles. The van der Waals surface area contributed by atoms with E-state index in [9.17, 15) is 13.2 Å². The van der Waals surface area contributed by atoms with Crippen LogP contribution in [0.3, 0.4) is 0 Å². The molecule has 0 aliphatic rings. The summed E-state index contributed by atoms with van der Waals surface area (Å²) in [5.41, 5.74) is 0. The molecule has 0 aromatic heterocycles. The summed E-state index contributed by atoms with van der Waals surface area (Å²) in [7, 11) is -3.75. The van der Waals surface area contributed by atoms with Crippen molar-refractivity contribution in [3.05, 3.63) is 0 Å². The normalized spacial score (nSPS) is 13.9. The average Bonchev–Trinajstić information content (AvgIpc) is 2.21. The van der Waals surface area contributed by atoms with Crippen molar-refractivity contribution >= 4 is 16.0 Å². The lowest BCUT2D eigenvalue weighted by Crippen LogP contribution is -2.37. The summed E-state index contributed by atoms with van der Waals surface area (Å²) in [5, 5.41) is 7.16. The third-order valence-corrected chi connectivity index (χ3v) is 3.88. The summed E-state index contributed by atoms with van der Waals surface area (Å²) < 4.78 is 30.3. The quantitative estimate of drug-likeness (QED) is 0.596. The van der Waals surface area contributed by atoms with Gasteiger partial charge in [-0.3, -0.25) is 4.79 Å². The second kappa shape index (κ2) is 7.62. The molecule has 0 aromatic rings. The number of rotatable bonds is 9. The molecule has 0 amide bonds. The Bertz CT molecular complexity index is 326. The number of aliphatic carboxylic acids is 1. The maximum Gasteiger partial charge on any atom is 0.323 e. The first-order valence-corrected chi connectivity index (χ1v) is 7.15. The topological polar surface area (TPSA) is 92.7 Å². The van der Waals surface area contributed by atoms with Crippen LogP contribution in [0.4, 0.5) is 0 Å². The molecule has 0 bridgehead atoms. The third-order valence-electron chi connectivity index (χ3n) is 2.14. The fourth-order valence-corrected chi connectivity index (χ4v) is 1.96. The largest absolute Gasteiger partial charge is 0.480 e. The Balaban J connectivity index is 3.78. The number of carboxylic acids is 1. The van der Waals surface area contributed by atoms with Crippen LogP contribution in [0.5, 0.6) is 0 Å². The number of sulfonamides is 1. The van der Waals surface area contributed by atoms with Crippen LogP contribution in [0.15, 0.2) is 0 Å². The lowest BCUT2D eigenvalue weighted by atomic mass is 10.3. The summed E-state index contributed by atoms with van der Waals surface area (Å²) in [6.07, 6.45) is 1.53. The second-order valence-corrected chi connectivity index (χ2v) is 6.13. The Hall–Kier alpha value is -0.660. The van der Waals surface area contributed by atoms with Gasteiger partial charge in [-0.05, 0) is 33.6 Å². The lowest BCUT2D eigenvalue weighted by molar-refractivity contribution is -0.136. The fraction of sp³-hybridized carbons (Fsp3) is 0.900. The first kappa shape index (κ1) is 16.3. The minimum atomic E-state index is -3.75. The van der Waals surface area contributed by atoms with Crippen molar-refractivity contribution in [2.75, 3.05) is 13.2 Å². The molecule has 17 heavy (non-hydrogen) atoms. The van der Waals surface area contributed by atoms with Gasteiger partial charge in [-0.1, -0.05) is 0 Å². The smallest absolute Gasteiger partial charge is 0.323 e. The molecular weight excluding hydrogens is 246 g/mol. The highest BCUT2D eigenvalue weighted by molar-refractivity contribution is 7.90. The van der Waals surface area contributed by atoms with E-state index in [4.69, 9.17) is 9.84 Å². The van der Waals surface area contributed by atoms with Crippen LogP contribution in [0.25, 0.3) is 0 Å². The molecule has 0 aliphatic carbocycles. The second-order valence-electron chi connectivity index (χ2n) is 4.05. The zero-order valence-electron chi connectivity index (χ0n) is 10.5. The zero-order valence-corrected chi connectivity index (χ0v) is 11.3. The van der Waals surface area contributed by atoms with Gasteiger partial charge in [-0.15, -0.1) is 0 Å². The summed E-state index contributed by atoms with van der Waals surface area (Å²) in [4.78, 5) is 10.5. The zero-order chi connectivity index (χ0) is 13.5. The molecule has 0 aliphatic heterocycles. The molecule has 0 saturated carbocycles.